The lowest BCUT2D eigenvalue weighted by Gasteiger charge is -2.17. The van der Waals surface area contributed by atoms with E-state index < -0.39 is 0 Å². The van der Waals surface area contributed by atoms with Gasteiger partial charge in [0, 0.05) is 26.4 Å². The Morgan fingerprint density at radius 2 is 1.15 bits per heavy atom. The Morgan fingerprint density at radius 3 is 1.93 bits per heavy atom. The molecule has 41 heavy (non-hydrogen) atoms. The van der Waals surface area contributed by atoms with E-state index >= 15 is 0 Å². The second-order valence-electron chi connectivity index (χ2n) is 10.5. The van der Waals surface area contributed by atoms with Gasteiger partial charge in [-0.05, 0) is 95.3 Å². The van der Waals surface area contributed by atoms with Gasteiger partial charge in [0.25, 0.3) is 0 Å². The largest absolute Gasteiger partial charge is 0.309 e. The maximum Gasteiger partial charge on any atom is 0.0355 e. The van der Waals surface area contributed by atoms with Gasteiger partial charge in [0.2, 0.25) is 0 Å². The summed E-state index contributed by atoms with van der Waals surface area (Å²) in [6.07, 6.45) is 3.30. The molecule has 0 bridgehead atoms. The molecule has 0 unspecified atom stereocenters. The summed E-state index contributed by atoms with van der Waals surface area (Å²) in [7, 11) is 0. The van der Waals surface area contributed by atoms with Crippen LogP contribution in [0.2, 0.25) is 0 Å². The van der Waals surface area contributed by atoms with Gasteiger partial charge in [-0.1, -0.05) is 104 Å². The molecule has 1 aromatic heterocycles. The van der Waals surface area contributed by atoms with Crippen LogP contribution in [-0.4, -0.2) is 6.21 Å². The molecule has 192 valence electrons. The lowest BCUT2D eigenvalue weighted by Crippen LogP contribution is -2.28. The highest BCUT2D eigenvalue weighted by Gasteiger charge is 2.17. The van der Waals surface area contributed by atoms with Gasteiger partial charge in [-0.15, -0.1) is 11.3 Å². The molecule has 2 heteroatoms. The summed E-state index contributed by atoms with van der Waals surface area (Å²) >= 11 is 1.83. The highest BCUT2D eigenvalue weighted by atomic mass is 32.1. The van der Waals surface area contributed by atoms with Crippen molar-refractivity contribution in [2.75, 3.05) is 0 Å². The number of fused-ring (bicyclic) bond motifs is 7. The maximum absolute atomic E-state index is 8.13. The Kier molecular flexibility index (Phi) is 5.38. The molecule has 0 atom stereocenters. The van der Waals surface area contributed by atoms with Crippen LogP contribution in [0.15, 0.2) is 121 Å². The van der Waals surface area contributed by atoms with Gasteiger partial charge in [0.1, 0.15) is 0 Å². The van der Waals surface area contributed by atoms with Crippen LogP contribution >= 0.6 is 11.3 Å². The van der Waals surface area contributed by atoms with Crippen LogP contribution in [-0.2, 0) is 0 Å². The molecule has 8 aromatic rings. The monoisotopic (exact) mass is 539 g/mol. The van der Waals surface area contributed by atoms with Crippen LogP contribution in [0.3, 0.4) is 0 Å². The number of thiophene rings is 1. The molecule has 0 aliphatic carbocycles. The fraction of sp³-hybridized carbons (Fsp3) is 0. The van der Waals surface area contributed by atoms with Crippen molar-refractivity contribution >= 4 is 82.7 Å². The Morgan fingerprint density at radius 1 is 0.537 bits per heavy atom. The van der Waals surface area contributed by atoms with E-state index in [0.717, 1.165) is 27.1 Å². The highest BCUT2D eigenvalue weighted by molar-refractivity contribution is 7.25. The van der Waals surface area contributed by atoms with Crippen LogP contribution < -0.4 is 10.4 Å². The van der Waals surface area contributed by atoms with Crippen LogP contribution in [0.5, 0.6) is 0 Å². The van der Waals surface area contributed by atoms with E-state index in [0.29, 0.717) is 0 Å². The second kappa shape index (κ2) is 9.26. The van der Waals surface area contributed by atoms with Crippen molar-refractivity contribution in [3.05, 3.63) is 132 Å². The Bertz CT molecular complexity index is 2460. The second-order valence-corrected chi connectivity index (χ2v) is 11.6. The summed E-state index contributed by atoms with van der Waals surface area (Å²) in [4.78, 5) is 0. The van der Waals surface area contributed by atoms with Crippen LogP contribution in [0, 0.1) is 5.41 Å². The van der Waals surface area contributed by atoms with E-state index in [1.165, 1.54) is 64.3 Å². The average molecular weight is 540 g/mol. The zero-order valence-corrected chi connectivity index (χ0v) is 23.1. The standard InChI is InChI=1S/C39H25NS/c1-24-27(20-21-40)39(26-18-19-37-34(23-26)31-14-8-9-17-36(31)41-37)33-16-7-6-15-32(33)38(24)35-22-25-10-2-3-11-28(25)29-12-4-5-13-30(29)35/h2-23,40H,1H2/b27-20+,40-21?. The average Bonchev–Trinajstić information content (AvgIpc) is 3.39. The van der Waals surface area contributed by atoms with Crippen molar-refractivity contribution in [3.63, 3.8) is 0 Å². The van der Waals surface area contributed by atoms with Gasteiger partial charge >= 0.3 is 0 Å². The third kappa shape index (κ3) is 3.58. The topological polar surface area (TPSA) is 23.9 Å². The molecule has 8 rings (SSSR count). The van der Waals surface area contributed by atoms with Gasteiger partial charge in [-0.2, -0.15) is 0 Å². The lowest BCUT2D eigenvalue weighted by atomic mass is 9.85. The number of benzene rings is 7. The maximum atomic E-state index is 8.13. The molecule has 0 saturated heterocycles. The molecule has 7 aromatic carbocycles. The predicted octanol–water partition coefficient (Wildman–Crippen LogP) is 9.69. The summed E-state index contributed by atoms with van der Waals surface area (Å²) in [5.41, 5.74) is 4.57. The lowest BCUT2D eigenvalue weighted by molar-refractivity contribution is 1.54. The minimum atomic E-state index is 0.943. The highest BCUT2D eigenvalue weighted by Crippen LogP contribution is 2.40. The first-order valence-electron chi connectivity index (χ1n) is 13.8. The first-order valence-corrected chi connectivity index (χ1v) is 14.6. The molecule has 0 spiro atoms. The van der Waals surface area contributed by atoms with Crippen LogP contribution in [0.1, 0.15) is 0 Å². The van der Waals surface area contributed by atoms with E-state index in [1.807, 2.05) is 17.4 Å². The summed E-state index contributed by atoms with van der Waals surface area (Å²) in [6.45, 7) is 4.71. The van der Waals surface area contributed by atoms with Gasteiger partial charge in [0.15, 0.2) is 0 Å². The first kappa shape index (κ1) is 23.8. The van der Waals surface area contributed by atoms with Crippen molar-refractivity contribution in [2.24, 2.45) is 0 Å². The van der Waals surface area contributed by atoms with E-state index in [4.69, 9.17) is 12.0 Å². The predicted molar refractivity (Wildman–Crippen MR) is 181 cm³/mol. The van der Waals surface area contributed by atoms with Crippen molar-refractivity contribution < 1.29 is 0 Å². The fourth-order valence-electron chi connectivity index (χ4n) is 6.54. The smallest absolute Gasteiger partial charge is 0.0355 e. The van der Waals surface area contributed by atoms with Crippen molar-refractivity contribution in [1.82, 2.24) is 0 Å². The zero-order valence-electron chi connectivity index (χ0n) is 22.3. The zero-order chi connectivity index (χ0) is 27.5. The molecule has 0 fully saturated rings. The van der Waals surface area contributed by atoms with Gasteiger partial charge in [0.05, 0.1) is 0 Å². The number of hydrogen-bond acceptors (Lipinski definition) is 2. The summed E-state index contributed by atoms with van der Waals surface area (Å²) < 4.78 is 2.58. The number of rotatable bonds is 3. The fourth-order valence-corrected chi connectivity index (χ4v) is 7.63. The van der Waals surface area contributed by atoms with Crippen molar-refractivity contribution in [1.29, 1.82) is 5.41 Å². The Balaban J connectivity index is 1.52. The van der Waals surface area contributed by atoms with Gasteiger partial charge in [-0.3, -0.25) is 0 Å². The SMILES string of the molecule is C=c1c(-c2cc3ccccc3c3ccccc23)c2ccccc2c(-c2ccc3sc4ccccc4c3c2)/c1=C/C=N. The van der Waals surface area contributed by atoms with Crippen molar-refractivity contribution in [3.8, 4) is 22.3 Å². The molecule has 1 nitrogen and oxygen atoms in total. The molecule has 0 saturated carbocycles. The van der Waals surface area contributed by atoms with Gasteiger partial charge in [-0.25, -0.2) is 0 Å². The number of hydrogen-bond donors (Lipinski definition) is 1. The van der Waals surface area contributed by atoms with E-state index in [-0.39, 0.29) is 0 Å². The minimum Gasteiger partial charge on any atom is -0.309 e. The van der Waals surface area contributed by atoms with E-state index in [2.05, 4.69) is 121 Å². The van der Waals surface area contributed by atoms with E-state index in [9.17, 15) is 0 Å². The summed E-state index contributed by atoms with van der Waals surface area (Å²) in [5.74, 6) is 0. The molecule has 0 radical (unpaired) electrons. The number of nitrogens with one attached hydrogen (secondary N) is 1. The Labute approximate surface area is 241 Å². The molecular formula is C39H25NS. The van der Waals surface area contributed by atoms with Crippen molar-refractivity contribution in [2.45, 2.75) is 0 Å². The quantitative estimate of drug-likeness (QED) is 0.171. The third-order valence-corrected chi connectivity index (χ3v) is 9.47. The normalized spacial score (nSPS) is 12.2. The Hall–Kier alpha value is -5.05. The van der Waals surface area contributed by atoms with E-state index in [1.54, 1.807) is 0 Å². The van der Waals surface area contributed by atoms with Crippen LogP contribution in [0.25, 0.3) is 87.4 Å². The minimum absolute atomic E-state index is 0.943. The molecule has 1 heterocycles. The molecule has 0 aliphatic rings. The summed E-state index contributed by atoms with van der Waals surface area (Å²) in [6, 6.07) is 43.7. The summed E-state index contributed by atoms with van der Waals surface area (Å²) in [5, 5.41) is 19.9. The third-order valence-electron chi connectivity index (χ3n) is 8.31. The first-order chi connectivity index (χ1) is 20.2. The molecule has 1 N–H and O–H groups in total. The van der Waals surface area contributed by atoms with Crippen LogP contribution in [0.4, 0.5) is 0 Å². The molecule has 0 amide bonds. The molecule has 0 aliphatic heterocycles. The molecular weight excluding hydrogens is 515 g/mol. The van der Waals surface area contributed by atoms with Gasteiger partial charge < -0.3 is 5.41 Å².